The first-order valence-electron chi connectivity index (χ1n) is 10.4. The van der Waals surface area contributed by atoms with Crippen LogP contribution in [0, 0.1) is 17.1 Å². The molecular weight excluding hydrogens is 421 g/mol. The quantitative estimate of drug-likeness (QED) is 0.446. The van der Waals surface area contributed by atoms with Crippen molar-refractivity contribution in [3.8, 4) is 28.5 Å². The Hall–Kier alpha value is -3.53. The van der Waals surface area contributed by atoms with Crippen molar-refractivity contribution < 1.29 is 9.50 Å². The van der Waals surface area contributed by atoms with Gasteiger partial charge in [0.2, 0.25) is 0 Å². The van der Waals surface area contributed by atoms with Crippen molar-refractivity contribution in [1.82, 2.24) is 4.98 Å². The van der Waals surface area contributed by atoms with Gasteiger partial charge in [-0.2, -0.15) is 5.26 Å². The lowest BCUT2D eigenvalue weighted by atomic mass is 9.76. The predicted molar refractivity (Wildman–Crippen MR) is 125 cm³/mol. The molecule has 0 bridgehead atoms. The Labute approximate surface area is 189 Å². The second kappa shape index (κ2) is 8.54. The van der Waals surface area contributed by atoms with Crippen molar-refractivity contribution in [2.75, 3.05) is 11.5 Å². The second-order valence-corrected chi connectivity index (χ2v) is 8.61. The molecule has 4 aromatic rings. The van der Waals surface area contributed by atoms with Gasteiger partial charge in [0.25, 0.3) is 0 Å². The molecule has 0 aliphatic carbocycles. The summed E-state index contributed by atoms with van der Waals surface area (Å²) < 4.78 is 13.6. The number of hydrogen-bond donors (Lipinski definition) is 1. The number of thiazole rings is 1. The highest BCUT2D eigenvalue weighted by atomic mass is 32.1. The highest BCUT2D eigenvalue weighted by molar-refractivity contribution is 7.14. The molecule has 3 aromatic carbocycles. The molecule has 3 atom stereocenters. The van der Waals surface area contributed by atoms with E-state index in [1.807, 2.05) is 70.9 Å². The number of benzene rings is 3. The summed E-state index contributed by atoms with van der Waals surface area (Å²) in [5.74, 6) is -0.403. The summed E-state index contributed by atoms with van der Waals surface area (Å²) in [6, 6.07) is 25.9. The highest BCUT2D eigenvalue weighted by Crippen LogP contribution is 2.45. The summed E-state index contributed by atoms with van der Waals surface area (Å²) in [6.07, 6.45) is 0. The van der Waals surface area contributed by atoms with Crippen LogP contribution in [0.3, 0.4) is 0 Å². The number of nitrogens with zero attached hydrogens (tertiary/aromatic N) is 3. The van der Waals surface area contributed by atoms with Crippen molar-refractivity contribution in [3.05, 3.63) is 95.6 Å². The molecule has 2 heterocycles. The molecule has 5 rings (SSSR count). The largest absolute Gasteiger partial charge is 0.394 e. The SMILES string of the molecule is N#C[C@@H]1[C@H](c2ccc(-c3cccc(F)c3)cc2)[C@H](CO)N1c1nc(-c2ccccc2)cs1. The number of hydrogen-bond acceptors (Lipinski definition) is 5. The predicted octanol–water partition coefficient (Wildman–Crippen LogP) is 5.47. The van der Waals surface area contributed by atoms with Gasteiger partial charge in [-0.3, -0.25) is 0 Å². The van der Waals surface area contributed by atoms with Crippen LogP contribution in [0.2, 0.25) is 0 Å². The second-order valence-electron chi connectivity index (χ2n) is 7.77. The fourth-order valence-electron chi connectivity index (χ4n) is 4.36. The molecule has 1 saturated heterocycles. The molecule has 0 radical (unpaired) electrons. The smallest absolute Gasteiger partial charge is 0.187 e. The Morgan fingerprint density at radius 2 is 1.72 bits per heavy atom. The van der Waals surface area contributed by atoms with Crippen LogP contribution in [0.25, 0.3) is 22.4 Å². The summed E-state index contributed by atoms with van der Waals surface area (Å²) in [5.41, 5.74) is 4.58. The third-order valence-electron chi connectivity index (χ3n) is 5.97. The van der Waals surface area contributed by atoms with Gasteiger partial charge in [-0.25, -0.2) is 9.37 Å². The van der Waals surface area contributed by atoms with E-state index in [2.05, 4.69) is 6.07 Å². The fourth-order valence-corrected chi connectivity index (χ4v) is 5.29. The number of aliphatic hydroxyl groups is 1. The van der Waals surface area contributed by atoms with Crippen LogP contribution in [0.15, 0.2) is 84.2 Å². The molecule has 6 heteroatoms. The van der Waals surface area contributed by atoms with Gasteiger partial charge in [0.1, 0.15) is 11.9 Å². The molecule has 1 fully saturated rings. The van der Waals surface area contributed by atoms with Crippen LogP contribution >= 0.6 is 11.3 Å². The first kappa shape index (κ1) is 20.4. The molecule has 0 unspecified atom stereocenters. The normalized spacial score (nSPS) is 19.9. The molecule has 0 amide bonds. The zero-order chi connectivity index (χ0) is 22.1. The van der Waals surface area contributed by atoms with Crippen molar-refractivity contribution in [1.29, 1.82) is 5.26 Å². The van der Waals surface area contributed by atoms with Crippen LogP contribution in [-0.2, 0) is 0 Å². The molecule has 1 aromatic heterocycles. The van der Waals surface area contributed by atoms with Gasteiger partial charge >= 0.3 is 0 Å². The molecule has 158 valence electrons. The zero-order valence-corrected chi connectivity index (χ0v) is 17.9. The summed E-state index contributed by atoms with van der Waals surface area (Å²) >= 11 is 1.48. The van der Waals surface area contributed by atoms with Gasteiger partial charge in [0.15, 0.2) is 5.13 Å². The minimum Gasteiger partial charge on any atom is -0.394 e. The van der Waals surface area contributed by atoms with Crippen molar-refractivity contribution in [2.45, 2.75) is 18.0 Å². The molecule has 0 spiro atoms. The molecule has 32 heavy (non-hydrogen) atoms. The van der Waals surface area contributed by atoms with Crippen LogP contribution in [0.4, 0.5) is 9.52 Å². The minimum absolute atomic E-state index is 0.0747. The Morgan fingerprint density at radius 3 is 2.41 bits per heavy atom. The van der Waals surface area contributed by atoms with E-state index in [1.54, 1.807) is 6.07 Å². The topological polar surface area (TPSA) is 60.1 Å². The summed E-state index contributed by atoms with van der Waals surface area (Å²) in [7, 11) is 0. The van der Waals surface area contributed by atoms with E-state index in [4.69, 9.17) is 4.98 Å². The number of aromatic nitrogens is 1. The van der Waals surface area contributed by atoms with Crippen LogP contribution in [0.5, 0.6) is 0 Å². The third kappa shape index (κ3) is 3.56. The Kier molecular flexibility index (Phi) is 5.44. The molecule has 1 aliphatic heterocycles. The monoisotopic (exact) mass is 441 g/mol. The highest BCUT2D eigenvalue weighted by Gasteiger charge is 2.50. The molecular formula is C26H20FN3OS. The maximum atomic E-state index is 13.6. The maximum Gasteiger partial charge on any atom is 0.187 e. The maximum absolute atomic E-state index is 13.6. The van der Waals surface area contributed by atoms with Gasteiger partial charge in [0, 0.05) is 16.9 Å². The Bertz CT molecular complexity index is 1270. The van der Waals surface area contributed by atoms with Crippen molar-refractivity contribution >= 4 is 16.5 Å². The average Bonchev–Trinajstić information content (AvgIpc) is 3.29. The van der Waals surface area contributed by atoms with E-state index in [9.17, 15) is 14.8 Å². The average molecular weight is 442 g/mol. The van der Waals surface area contributed by atoms with E-state index in [0.717, 1.165) is 33.1 Å². The standard InChI is InChI=1S/C26H20FN3OS/c27-21-8-4-7-20(13-21)17-9-11-19(12-10-17)25-23(14-28)30(24(25)15-31)26-29-22(16-32-26)18-5-2-1-3-6-18/h1-13,16,23-25,31H,15H2/t23-,24+,25+/m1/s1. The Morgan fingerprint density at radius 1 is 0.969 bits per heavy atom. The van der Waals surface area contributed by atoms with Crippen LogP contribution in [-0.4, -0.2) is 28.8 Å². The summed E-state index contributed by atoms with van der Waals surface area (Å²) in [4.78, 5) is 6.65. The minimum atomic E-state index is -0.415. The van der Waals surface area contributed by atoms with Gasteiger partial charge < -0.3 is 10.0 Å². The lowest BCUT2D eigenvalue weighted by Gasteiger charge is -2.51. The lowest BCUT2D eigenvalue weighted by molar-refractivity contribution is 0.187. The van der Waals surface area contributed by atoms with Crippen LogP contribution in [0.1, 0.15) is 11.5 Å². The molecule has 1 aliphatic rings. The van der Waals surface area contributed by atoms with E-state index in [0.29, 0.717) is 0 Å². The lowest BCUT2D eigenvalue weighted by Crippen LogP contribution is -2.63. The van der Waals surface area contributed by atoms with Gasteiger partial charge in [0.05, 0.1) is 24.4 Å². The van der Waals surface area contributed by atoms with Crippen molar-refractivity contribution in [2.24, 2.45) is 0 Å². The molecule has 0 saturated carbocycles. The Balaban J connectivity index is 1.41. The summed E-state index contributed by atoms with van der Waals surface area (Å²) in [5, 5.41) is 22.8. The van der Waals surface area contributed by atoms with E-state index in [-0.39, 0.29) is 24.4 Å². The molecule has 4 nitrogen and oxygen atoms in total. The summed E-state index contributed by atoms with van der Waals surface area (Å²) in [6.45, 7) is -0.0747. The van der Waals surface area contributed by atoms with Gasteiger partial charge in [-0.15, -0.1) is 11.3 Å². The number of halogens is 1. The number of nitriles is 1. The fraction of sp³-hybridized carbons (Fsp3) is 0.154. The van der Waals surface area contributed by atoms with Gasteiger partial charge in [-0.05, 0) is 28.8 Å². The van der Waals surface area contributed by atoms with Gasteiger partial charge in [-0.1, -0.05) is 66.7 Å². The van der Waals surface area contributed by atoms with E-state index in [1.165, 1.54) is 23.5 Å². The van der Waals surface area contributed by atoms with E-state index < -0.39 is 6.04 Å². The van der Waals surface area contributed by atoms with E-state index >= 15 is 0 Å². The first-order chi connectivity index (χ1) is 15.7. The number of aliphatic hydroxyl groups excluding tert-OH is 1. The number of rotatable bonds is 5. The third-order valence-corrected chi connectivity index (χ3v) is 6.82. The zero-order valence-electron chi connectivity index (χ0n) is 17.1. The molecule has 1 N–H and O–H groups in total. The number of anilines is 1. The first-order valence-corrected chi connectivity index (χ1v) is 11.2. The van der Waals surface area contributed by atoms with Crippen LogP contribution < -0.4 is 4.90 Å². The van der Waals surface area contributed by atoms with Crippen molar-refractivity contribution in [3.63, 3.8) is 0 Å².